The Morgan fingerprint density at radius 1 is 1.38 bits per heavy atom. The number of aromatic hydroxyl groups is 2. The molecule has 0 unspecified atom stereocenters. The van der Waals surface area contributed by atoms with Gasteiger partial charge in [0.25, 0.3) is 0 Å². The maximum atomic E-state index is 10.4. The third kappa shape index (κ3) is 1.90. The van der Waals surface area contributed by atoms with Gasteiger partial charge in [-0.3, -0.25) is 4.79 Å². The van der Waals surface area contributed by atoms with Crippen molar-refractivity contribution in [3.8, 4) is 11.5 Å². The van der Waals surface area contributed by atoms with Crippen LogP contribution in [0.4, 0.5) is 0 Å². The summed E-state index contributed by atoms with van der Waals surface area (Å²) in [6.07, 6.45) is -0.153. The van der Waals surface area contributed by atoms with Crippen molar-refractivity contribution in [2.45, 2.75) is 13.3 Å². The van der Waals surface area contributed by atoms with E-state index in [-0.39, 0.29) is 17.9 Å². The summed E-state index contributed by atoms with van der Waals surface area (Å²) in [6, 6.07) is 2.76. The Hall–Kier alpha value is -1.71. The standard InChI is InChI=1S/C9H10O4/c1-5-6(4-8(11)12)2-3-7(10)9(5)13/h2-3,10,13H,4H2,1H3,(H,11,12). The van der Waals surface area contributed by atoms with Crippen molar-refractivity contribution in [1.82, 2.24) is 0 Å². The van der Waals surface area contributed by atoms with E-state index in [1.165, 1.54) is 12.1 Å². The third-order valence-electron chi connectivity index (χ3n) is 1.86. The van der Waals surface area contributed by atoms with Crippen LogP contribution in [0.5, 0.6) is 11.5 Å². The first-order valence-corrected chi connectivity index (χ1v) is 3.74. The van der Waals surface area contributed by atoms with Gasteiger partial charge in [-0.25, -0.2) is 0 Å². The molecular weight excluding hydrogens is 172 g/mol. The Labute approximate surface area is 75.1 Å². The van der Waals surface area contributed by atoms with Crippen LogP contribution in [-0.2, 0) is 11.2 Å². The number of benzene rings is 1. The fraction of sp³-hybridized carbons (Fsp3) is 0.222. The second kappa shape index (κ2) is 3.35. The summed E-state index contributed by atoms with van der Waals surface area (Å²) in [5, 5.41) is 26.8. The van der Waals surface area contributed by atoms with E-state index in [4.69, 9.17) is 10.2 Å². The predicted molar refractivity (Wildman–Crippen MR) is 45.8 cm³/mol. The molecule has 0 fully saturated rings. The summed E-state index contributed by atoms with van der Waals surface area (Å²) in [5.41, 5.74) is 0.908. The van der Waals surface area contributed by atoms with Crippen LogP contribution in [0.2, 0.25) is 0 Å². The van der Waals surface area contributed by atoms with E-state index >= 15 is 0 Å². The van der Waals surface area contributed by atoms with Crippen molar-refractivity contribution < 1.29 is 20.1 Å². The molecule has 0 saturated carbocycles. The number of carboxylic acid groups (broad SMARTS) is 1. The van der Waals surface area contributed by atoms with Gasteiger partial charge < -0.3 is 15.3 Å². The van der Waals surface area contributed by atoms with E-state index < -0.39 is 5.97 Å². The van der Waals surface area contributed by atoms with Crippen LogP contribution in [0, 0.1) is 6.92 Å². The summed E-state index contributed by atoms with van der Waals surface area (Å²) < 4.78 is 0. The van der Waals surface area contributed by atoms with Crippen LogP contribution < -0.4 is 0 Å². The lowest BCUT2D eigenvalue weighted by molar-refractivity contribution is -0.136. The molecular formula is C9H10O4. The molecule has 1 aromatic rings. The Kier molecular flexibility index (Phi) is 2.41. The SMILES string of the molecule is Cc1c(CC(=O)O)ccc(O)c1O. The Morgan fingerprint density at radius 2 is 2.00 bits per heavy atom. The fourth-order valence-electron chi connectivity index (χ4n) is 1.08. The highest BCUT2D eigenvalue weighted by molar-refractivity contribution is 5.71. The van der Waals surface area contributed by atoms with Gasteiger partial charge in [0.2, 0.25) is 0 Å². The van der Waals surface area contributed by atoms with Crippen molar-refractivity contribution in [3.05, 3.63) is 23.3 Å². The summed E-state index contributed by atoms with van der Waals surface area (Å²) in [6.45, 7) is 1.56. The molecule has 3 N–H and O–H groups in total. The first-order chi connectivity index (χ1) is 6.02. The molecule has 1 aromatic carbocycles. The second-order valence-corrected chi connectivity index (χ2v) is 2.79. The normalized spacial score (nSPS) is 9.92. The van der Waals surface area contributed by atoms with Gasteiger partial charge in [-0.15, -0.1) is 0 Å². The number of hydrogen-bond acceptors (Lipinski definition) is 3. The highest BCUT2D eigenvalue weighted by Gasteiger charge is 2.09. The van der Waals surface area contributed by atoms with E-state index in [0.717, 1.165) is 0 Å². The minimum Gasteiger partial charge on any atom is -0.504 e. The number of rotatable bonds is 2. The molecule has 0 heterocycles. The minimum atomic E-state index is -0.965. The maximum Gasteiger partial charge on any atom is 0.307 e. The molecule has 4 heteroatoms. The first-order valence-electron chi connectivity index (χ1n) is 3.74. The summed E-state index contributed by atoms with van der Waals surface area (Å²) in [7, 11) is 0. The average molecular weight is 182 g/mol. The number of phenols is 2. The predicted octanol–water partition coefficient (Wildman–Crippen LogP) is 1.03. The highest BCUT2D eigenvalue weighted by atomic mass is 16.4. The number of aliphatic carboxylic acids is 1. The van der Waals surface area contributed by atoms with Gasteiger partial charge in [-0.2, -0.15) is 0 Å². The Balaban J connectivity index is 3.10. The summed E-state index contributed by atoms with van der Waals surface area (Å²) >= 11 is 0. The molecule has 1 rings (SSSR count). The third-order valence-corrected chi connectivity index (χ3v) is 1.86. The maximum absolute atomic E-state index is 10.4. The average Bonchev–Trinajstić information content (AvgIpc) is 2.06. The molecule has 4 nitrogen and oxygen atoms in total. The van der Waals surface area contributed by atoms with Crippen molar-refractivity contribution in [3.63, 3.8) is 0 Å². The molecule has 0 atom stereocenters. The lowest BCUT2D eigenvalue weighted by atomic mass is 10.0. The van der Waals surface area contributed by atoms with Gasteiger partial charge in [0.05, 0.1) is 6.42 Å². The van der Waals surface area contributed by atoms with E-state index in [2.05, 4.69) is 0 Å². The largest absolute Gasteiger partial charge is 0.504 e. The van der Waals surface area contributed by atoms with E-state index in [0.29, 0.717) is 11.1 Å². The highest BCUT2D eigenvalue weighted by Crippen LogP contribution is 2.30. The van der Waals surface area contributed by atoms with Crippen LogP contribution in [0.1, 0.15) is 11.1 Å². The van der Waals surface area contributed by atoms with Gasteiger partial charge in [-0.05, 0) is 24.1 Å². The summed E-state index contributed by atoms with van der Waals surface area (Å²) in [4.78, 5) is 10.4. The van der Waals surface area contributed by atoms with E-state index in [1.807, 2.05) is 0 Å². The molecule has 13 heavy (non-hydrogen) atoms. The number of hydrogen-bond donors (Lipinski definition) is 3. The van der Waals surface area contributed by atoms with Gasteiger partial charge >= 0.3 is 5.97 Å². The zero-order valence-electron chi connectivity index (χ0n) is 7.11. The van der Waals surface area contributed by atoms with E-state index in [1.54, 1.807) is 6.92 Å². The minimum absolute atomic E-state index is 0.153. The molecule has 0 bridgehead atoms. The van der Waals surface area contributed by atoms with Crippen LogP contribution in [0.15, 0.2) is 12.1 Å². The molecule has 0 amide bonds. The van der Waals surface area contributed by atoms with Crippen LogP contribution in [-0.4, -0.2) is 21.3 Å². The fourth-order valence-corrected chi connectivity index (χ4v) is 1.08. The molecule has 70 valence electrons. The van der Waals surface area contributed by atoms with Crippen molar-refractivity contribution in [1.29, 1.82) is 0 Å². The smallest absolute Gasteiger partial charge is 0.307 e. The molecule has 0 aliphatic rings. The topological polar surface area (TPSA) is 77.8 Å². The molecule has 0 spiro atoms. The zero-order valence-corrected chi connectivity index (χ0v) is 7.11. The van der Waals surface area contributed by atoms with Crippen molar-refractivity contribution in [2.75, 3.05) is 0 Å². The van der Waals surface area contributed by atoms with Crippen molar-refractivity contribution >= 4 is 5.97 Å². The van der Waals surface area contributed by atoms with Crippen molar-refractivity contribution in [2.24, 2.45) is 0 Å². The molecule has 0 saturated heterocycles. The molecule has 0 aliphatic heterocycles. The quantitative estimate of drug-likeness (QED) is 0.597. The Morgan fingerprint density at radius 3 is 2.54 bits per heavy atom. The van der Waals surface area contributed by atoms with Crippen LogP contribution in [0.3, 0.4) is 0 Å². The number of carboxylic acids is 1. The van der Waals surface area contributed by atoms with Crippen LogP contribution >= 0.6 is 0 Å². The Bertz CT molecular complexity index is 344. The zero-order chi connectivity index (χ0) is 10.0. The van der Waals surface area contributed by atoms with Gasteiger partial charge in [-0.1, -0.05) is 6.07 Å². The summed E-state index contributed by atoms with van der Waals surface area (Å²) in [5.74, 6) is -1.45. The van der Waals surface area contributed by atoms with Gasteiger partial charge in [0.15, 0.2) is 11.5 Å². The number of carbonyl (C=O) groups is 1. The van der Waals surface area contributed by atoms with Crippen LogP contribution in [0.25, 0.3) is 0 Å². The lowest BCUT2D eigenvalue weighted by Gasteiger charge is -2.06. The lowest BCUT2D eigenvalue weighted by Crippen LogP contribution is -2.01. The first kappa shape index (κ1) is 9.38. The number of phenolic OH excluding ortho intramolecular Hbond substituents is 2. The molecule has 0 aromatic heterocycles. The van der Waals surface area contributed by atoms with Gasteiger partial charge in [0.1, 0.15) is 0 Å². The van der Waals surface area contributed by atoms with E-state index in [9.17, 15) is 9.90 Å². The van der Waals surface area contributed by atoms with Gasteiger partial charge in [0, 0.05) is 0 Å². The second-order valence-electron chi connectivity index (χ2n) is 2.79. The molecule has 0 aliphatic carbocycles. The monoisotopic (exact) mass is 182 g/mol. The molecule has 0 radical (unpaired) electrons.